The Balaban J connectivity index is 1.95. The lowest BCUT2D eigenvalue weighted by atomic mass is 9.86. The van der Waals surface area contributed by atoms with E-state index in [1.54, 1.807) is 0 Å². The number of benzene rings is 1. The smallest absolute Gasteiger partial charge is 0.121 e. The maximum Gasteiger partial charge on any atom is 0.121 e. The lowest BCUT2D eigenvalue weighted by Crippen LogP contribution is -2.19. The fourth-order valence-electron chi connectivity index (χ4n) is 1.89. The Morgan fingerprint density at radius 1 is 1.31 bits per heavy atom. The van der Waals surface area contributed by atoms with E-state index in [1.165, 1.54) is 19.3 Å². The minimum absolute atomic E-state index is 0.641. The van der Waals surface area contributed by atoms with Crippen LogP contribution in [0.5, 0.6) is 5.75 Å². The largest absolute Gasteiger partial charge is 0.493 e. The topological polar surface area (TPSA) is 35.2 Å². The van der Waals surface area contributed by atoms with Gasteiger partial charge in [-0.05, 0) is 55.5 Å². The number of rotatable bonds is 5. The van der Waals surface area contributed by atoms with Gasteiger partial charge in [0.2, 0.25) is 0 Å². The third-order valence-corrected chi connectivity index (χ3v) is 3.29. The third-order valence-electron chi connectivity index (χ3n) is 3.07. The third kappa shape index (κ3) is 3.13. The van der Waals surface area contributed by atoms with Crippen LogP contribution in [0, 0.1) is 5.92 Å². The number of hydrogen-bond acceptors (Lipinski definition) is 2. The van der Waals surface area contributed by atoms with Gasteiger partial charge in [0.05, 0.1) is 6.61 Å². The normalized spacial score (nSPS) is 15.9. The monoisotopic (exact) mass is 239 g/mol. The van der Waals surface area contributed by atoms with Gasteiger partial charge in [-0.2, -0.15) is 0 Å². The maximum atomic E-state index is 6.03. The van der Waals surface area contributed by atoms with Gasteiger partial charge in [-0.15, -0.1) is 0 Å². The number of halogens is 1. The number of ether oxygens (including phenoxy) is 1. The average molecular weight is 240 g/mol. The van der Waals surface area contributed by atoms with E-state index < -0.39 is 0 Å². The van der Waals surface area contributed by atoms with Gasteiger partial charge < -0.3 is 10.5 Å². The molecule has 2 N–H and O–H groups in total. The second-order valence-corrected chi connectivity index (χ2v) is 4.88. The molecule has 88 valence electrons. The zero-order valence-electron chi connectivity index (χ0n) is 9.42. The standard InChI is InChI=1S/C13H18ClNO/c14-12-6-11(4-5-15)7-13(8-12)16-9-10-2-1-3-10/h6-8,10H,1-5,9,15H2. The summed E-state index contributed by atoms with van der Waals surface area (Å²) >= 11 is 6.03. The minimum atomic E-state index is 0.641. The van der Waals surface area contributed by atoms with E-state index in [-0.39, 0.29) is 0 Å². The van der Waals surface area contributed by atoms with Gasteiger partial charge in [-0.3, -0.25) is 0 Å². The highest BCUT2D eigenvalue weighted by atomic mass is 35.5. The van der Waals surface area contributed by atoms with Crippen LogP contribution in [0.15, 0.2) is 18.2 Å². The first-order chi connectivity index (χ1) is 7.78. The Kier molecular flexibility index (Phi) is 4.08. The van der Waals surface area contributed by atoms with Gasteiger partial charge in [0.1, 0.15) is 5.75 Å². The van der Waals surface area contributed by atoms with E-state index in [2.05, 4.69) is 0 Å². The number of nitrogens with two attached hydrogens (primary N) is 1. The molecule has 0 saturated heterocycles. The lowest BCUT2D eigenvalue weighted by Gasteiger charge is -2.25. The Labute approximate surface area is 102 Å². The van der Waals surface area contributed by atoms with Gasteiger partial charge in [-0.1, -0.05) is 18.0 Å². The summed E-state index contributed by atoms with van der Waals surface area (Å²) in [6.07, 6.45) is 4.80. The van der Waals surface area contributed by atoms with Crippen LogP contribution < -0.4 is 10.5 Å². The first-order valence-electron chi connectivity index (χ1n) is 5.90. The van der Waals surface area contributed by atoms with Crippen LogP contribution in [0.1, 0.15) is 24.8 Å². The van der Waals surface area contributed by atoms with Crippen LogP contribution in [0.3, 0.4) is 0 Å². The van der Waals surface area contributed by atoms with Crippen molar-refractivity contribution in [3.05, 3.63) is 28.8 Å². The SMILES string of the molecule is NCCc1cc(Cl)cc(OCC2CCC2)c1. The average Bonchev–Trinajstić information content (AvgIpc) is 2.14. The molecule has 3 heteroatoms. The van der Waals surface area contributed by atoms with Crippen molar-refractivity contribution in [3.8, 4) is 5.75 Å². The summed E-state index contributed by atoms with van der Waals surface area (Å²) in [4.78, 5) is 0. The van der Waals surface area contributed by atoms with Crippen molar-refractivity contribution >= 4 is 11.6 Å². The summed E-state index contributed by atoms with van der Waals surface area (Å²) in [5.74, 6) is 1.62. The highest BCUT2D eigenvalue weighted by Gasteiger charge is 2.17. The second kappa shape index (κ2) is 5.55. The van der Waals surface area contributed by atoms with Crippen LogP contribution in [-0.2, 0) is 6.42 Å². The molecule has 0 aliphatic heterocycles. The fourth-order valence-corrected chi connectivity index (χ4v) is 2.14. The Morgan fingerprint density at radius 2 is 2.12 bits per heavy atom. The summed E-state index contributed by atoms with van der Waals surface area (Å²) in [5.41, 5.74) is 6.68. The van der Waals surface area contributed by atoms with E-state index in [4.69, 9.17) is 22.1 Å². The van der Waals surface area contributed by atoms with Crippen LogP contribution in [0.25, 0.3) is 0 Å². The zero-order chi connectivity index (χ0) is 11.4. The molecule has 0 radical (unpaired) electrons. The Morgan fingerprint density at radius 3 is 2.75 bits per heavy atom. The van der Waals surface area contributed by atoms with E-state index >= 15 is 0 Å². The molecular weight excluding hydrogens is 222 g/mol. The first-order valence-corrected chi connectivity index (χ1v) is 6.28. The molecule has 1 aromatic carbocycles. The van der Waals surface area contributed by atoms with Crippen molar-refractivity contribution in [2.75, 3.05) is 13.2 Å². The van der Waals surface area contributed by atoms with Crippen LogP contribution in [0.4, 0.5) is 0 Å². The van der Waals surface area contributed by atoms with Crippen molar-refractivity contribution in [2.45, 2.75) is 25.7 Å². The summed E-state index contributed by atoms with van der Waals surface area (Å²) in [6.45, 7) is 1.46. The molecule has 2 rings (SSSR count). The number of hydrogen-bond donors (Lipinski definition) is 1. The van der Waals surface area contributed by atoms with E-state index in [0.29, 0.717) is 6.54 Å². The van der Waals surface area contributed by atoms with Crippen LogP contribution in [0.2, 0.25) is 5.02 Å². The molecule has 1 fully saturated rings. The molecule has 16 heavy (non-hydrogen) atoms. The Hall–Kier alpha value is -0.730. The quantitative estimate of drug-likeness (QED) is 0.857. The van der Waals surface area contributed by atoms with Gasteiger partial charge in [0.15, 0.2) is 0 Å². The van der Waals surface area contributed by atoms with Crippen molar-refractivity contribution in [1.82, 2.24) is 0 Å². The van der Waals surface area contributed by atoms with Crippen molar-refractivity contribution in [1.29, 1.82) is 0 Å². The molecule has 1 saturated carbocycles. The van der Waals surface area contributed by atoms with E-state index in [0.717, 1.165) is 35.3 Å². The highest BCUT2D eigenvalue weighted by Crippen LogP contribution is 2.28. The van der Waals surface area contributed by atoms with Crippen LogP contribution in [-0.4, -0.2) is 13.2 Å². The summed E-state index contributed by atoms with van der Waals surface area (Å²) in [6, 6.07) is 5.86. The molecular formula is C13H18ClNO. The molecule has 1 aliphatic carbocycles. The fraction of sp³-hybridized carbons (Fsp3) is 0.538. The summed E-state index contributed by atoms with van der Waals surface area (Å²) in [7, 11) is 0. The first kappa shape index (κ1) is 11.7. The molecule has 0 spiro atoms. The van der Waals surface area contributed by atoms with Crippen molar-refractivity contribution in [3.63, 3.8) is 0 Å². The molecule has 1 aromatic rings. The van der Waals surface area contributed by atoms with Gasteiger partial charge in [-0.25, -0.2) is 0 Å². The summed E-state index contributed by atoms with van der Waals surface area (Å²) < 4.78 is 5.75. The predicted molar refractivity (Wildman–Crippen MR) is 67.0 cm³/mol. The van der Waals surface area contributed by atoms with Crippen LogP contribution >= 0.6 is 11.6 Å². The Bertz CT molecular complexity index is 350. The molecule has 0 amide bonds. The van der Waals surface area contributed by atoms with Gasteiger partial charge >= 0.3 is 0 Å². The van der Waals surface area contributed by atoms with Crippen molar-refractivity contribution in [2.24, 2.45) is 11.7 Å². The molecule has 0 aromatic heterocycles. The van der Waals surface area contributed by atoms with E-state index in [1.807, 2.05) is 18.2 Å². The highest BCUT2D eigenvalue weighted by molar-refractivity contribution is 6.30. The lowest BCUT2D eigenvalue weighted by molar-refractivity contribution is 0.180. The van der Waals surface area contributed by atoms with E-state index in [9.17, 15) is 0 Å². The predicted octanol–water partition coefficient (Wildman–Crippen LogP) is 3.02. The molecule has 1 aliphatic rings. The van der Waals surface area contributed by atoms with Crippen molar-refractivity contribution < 1.29 is 4.74 Å². The minimum Gasteiger partial charge on any atom is -0.493 e. The molecule has 0 unspecified atom stereocenters. The zero-order valence-corrected chi connectivity index (χ0v) is 10.2. The molecule has 0 bridgehead atoms. The van der Waals surface area contributed by atoms with Gasteiger partial charge in [0, 0.05) is 5.02 Å². The van der Waals surface area contributed by atoms with Gasteiger partial charge in [0.25, 0.3) is 0 Å². The summed E-state index contributed by atoms with van der Waals surface area (Å²) in [5, 5.41) is 0.731. The maximum absolute atomic E-state index is 6.03. The molecule has 2 nitrogen and oxygen atoms in total. The molecule has 0 atom stereocenters. The second-order valence-electron chi connectivity index (χ2n) is 4.44. The molecule has 0 heterocycles.